The summed E-state index contributed by atoms with van der Waals surface area (Å²) < 4.78 is 5.47. The molecular formula is C12H23NO. The molecule has 1 saturated heterocycles. The minimum absolute atomic E-state index is 0.541. The van der Waals surface area contributed by atoms with Crippen molar-refractivity contribution in [3.05, 3.63) is 0 Å². The third-order valence-electron chi connectivity index (χ3n) is 4.72. The van der Waals surface area contributed by atoms with Crippen molar-refractivity contribution in [3.8, 4) is 0 Å². The fourth-order valence-electron chi connectivity index (χ4n) is 3.53. The van der Waals surface area contributed by atoms with Crippen molar-refractivity contribution >= 4 is 0 Å². The van der Waals surface area contributed by atoms with Crippen LogP contribution in [-0.4, -0.2) is 26.3 Å². The first kappa shape index (κ1) is 10.4. The molecular weight excluding hydrogens is 174 g/mol. The van der Waals surface area contributed by atoms with E-state index in [2.05, 4.69) is 26.1 Å². The van der Waals surface area contributed by atoms with Crippen molar-refractivity contribution in [1.29, 1.82) is 0 Å². The van der Waals surface area contributed by atoms with E-state index in [-0.39, 0.29) is 0 Å². The third-order valence-corrected chi connectivity index (χ3v) is 4.72. The van der Waals surface area contributed by atoms with Gasteiger partial charge in [-0.15, -0.1) is 0 Å². The molecule has 2 rings (SSSR count). The monoisotopic (exact) mass is 197 g/mol. The molecule has 14 heavy (non-hydrogen) atoms. The minimum Gasteiger partial charge on any atom is -0.381 e. The lowest BCUT2D eigenvalue weighted by Crippen LogP contribution is -2.24. The summed E-state index contributed by atoms with van der Waals surface area (Å²) >= 11 is 0. The largest absolute Gasteiger partial charge is 0.381 e. The third kappa shape index (κ3) is 1.31. The fourth-order valence-corrected chi connectivity index (χ4v) is 3.53. The lowest BCUT2D eigenvalue weighted by atomic mass is 9.88. The summed E-state index contributed by atoms with van der Waals surface area (Å²) in [7, 11) is 0. The highest BCUT2D eigenvalue weighted by Gasteiger charge is 2.69. The van der Waals surface area contributed by atoms with Crippen molar-refractivity contribution in [2.75, 3.05) is 26.3 Å². The minimum atomic E-state index is 0.541. The average Bonchev–Trinajstić information content (AvgIpc) is 2.61. The maximum atomic E-state index is 5.47. The van der Waals surface area contributed by atoms with Gasteiger partial charge in [-0.2, -0.15) is 0 Å². The quantitative estimate of drug-likeness (QED) is 0.747. The Morgan fingerprint density at radius 3 is 2.50 bits per heavy atom. The Morgan fingerprint density at radius 2 is 1.93 bits per heavy atom. The normalized spacial score (nSPS) is 33.2. The highest BCUT2D eigenvalue weighted by Crippen LogP contribution is 2.72. The van der Waals surface area contributed by atoms with Crippen LogP contribution in [0.5, 0.6) is 0 Å². The predicted octanol–water partition coefficient (Wildman–Crippen LogP) is 2.05. The van der Waals surface area contributed by atoms with Crippen molar-refractivity contribution in [2.45, 2.75) is 33.6 Å². The summed E-state index contributed by atoms with van der Waals surface area (Å²) in [6.45, 7) is 11.3. The summed E-state index contributed by atoms with van der Waals surface area (Å²) in [5.74, 6) is 0.874. The van der Waals surface area contributed by atoms with E-state index >= 15 is 0 Å². The number of rotatable bonds is 3. The molecule has 1 unspecified atom stereocenters. The van der Waals surface area contributed by atoms with Gasteiger partial charge in [0.1, 0.15) is 0 Å². The lowest BCUT2D eigenvalue weighted by Gasteiger charge is -2.25. The maximum Gasteiger partial charge on any atom is 0.0471 e. The van der Waals surface area contributed by atoms with Gasteiger partial charge in [0.05, 0.1) is 0 Å². The maximum absolute atomic E-state index is 5.47. The Balaban J connectivity index is 1.98. The average molecular weight is 197 g/mol. The first-order valence-electron chi connectivity index (χ1n) is 5.93. The summed E-state index contributed by atoms with van der Waals surface area (Å²) in [6.07, 6.45) is 2.55. The van der Waals surface area contributed by atoms with Gasteiger partial charge >= 0.3 is 0 Å². The Labute approximate surface area is 87.4 Å². The molecule has 82 valence electrons. The van der Waals surface area contributed by atoms with Gasteiger partial charge in [-0.1, -0.05) is 20.8 Å². The zero-order valence-electron chi connectivity index (χ0n) is 9.73. The number of ether oxygens (including phenoxy) is 1. The molecule has 0 aromatic heterocycles. The molecule has 0 radical (unpaired) electrons. The van der Waals surface area contributed by atoms with Crippen LogP contribution in [0.4, 0.5) is 0 Å². The Bertz CT molecular complexity index is 206. The second kappa shape index (κ2) is 3.49. The van der Waals surface area contributed by atoms with Crippen LogP contribution in [0.1, 0.15) is 33.6 Å². The van der Waals surface area contributed by atoms with Crippen LogP contribution in [0, 0.1) is 16.7 Å². The van der Waals surface area contributed by atoms with Gasteiger partial charge < -0.3 is 10.1 Å². The van der Waals surface area contributed by atoms with Crippen LogP contribution in [0.2, 0.25) is 0 Å². The van der Waals surface area contributed by atoms with Gasteiger partial charge in [-0.3, -0.25) is 0 Å². The molecule has 1 heterocycles. The second-order valence-electron chi connectivity index (χ2n) is 5.35. The molecule has 1 saturated carbocycles. The van der Waals surface area contributed by atoms with E-state index in [1.54, 1.807) is 0 Å². The molecule has 1 aliphatic carbocycles. The van der Waals surface area contributed by atoms with Crippen LogP contribution < -0.4 is 5.32 Å². The molecule has 1 N–H and O–H groups in total. The van der Waals surface area contributed by atoms with Crippen LogP contribution in [0.3, 0.4) is 0 Å². The van der Waals surface area contributed by atoms with E-state index in [4.69, 9.17) is 4.74 Å². The van der Waals surface area contributed by atoms with Crippen molar-refractivity contribution in [1.82, 2.24) is 5.32 Å². The molecule has 1 atom stereocenters. The first-order valence-corrected chi connectivity index (χ1v) is 5.93. The van der Waals surface area contributed by atoms with Gasteiger partial charge in [-0.05, 0) is 42.7 Å². The van der Waals surface area contributed by atoms with Gasteiger partial charge in [0.25, 0.3) is 0 Å². The summed E-state index contributed by atoms with van der Waals surface area (Å²) in [4.78, 5) is 0. The number of nitrogens with one attached hydrogen (secondary N) is 1. The lowest BCUT2D eigenvalue weighted by molar-refractivity contribution is 0.0415. The SMILES string of the molecule is CCNCC1C(C)(C)C12CCOCC2. The topological polar surface area (TPSA) is 21.3 Å². The molecule has 0 aromatic rings. The zero-order valence-corrected chi connectivity index (χ0v) is 9.73. The van der Waals surface area contributed by atoms with E-state index in [0.29, 0.717) is 10.8 Å². The second-order valence-corrected chi connectivity index (χ2v) is 5.35. The zero-order chi connectivity index (χ0) is 10.2. The van der Waals surface area contributed by atoms with Gasteiger partial charge in [0.15, 0.2) is 0 Å². The highest BCUT2D eigenvalue weighted by atomic mass is 16.5. The molecule has 0 aromatic carbocycles. The molecule has 2 heteroatoms. The van der Waals surface area contributed by atoms with E-state index in [1.807, 2.05) is 0 Å². The Hall–Kier alpha value is -0.0800. The first-order chi connectivity index (χ1) is 6.65. The van der Waals surface area contributed by atoms with Crippen molar-refractivity contribution in [3.63, 3.8) is 0 Å². The number of hydrogen-bond donors (Lipinski definition) is 1. The molecule has 1 spiro atoms. The Morgan fingerprint density at radius 1 is 1.29 bits per heavy atom. The van der Waals surface area contributed by atoms with E-state index in [1.165, 1.54) is 19.4 Å². The molecule has 2 aliphatic rings. The summed E-state index contributed by atoms with van der Waals surface area (Å²) in [5, 5.41) is 3.50. The van der Waals surface area contributed by atoms with Gasteiger partial charge in [0, 0.05) is 13.2 Å². The summed E-state index contributed by atoms with van der Waals surface area (Å²) in [6, 6.07) is 0. The molecule has 2 fully saturated rings. The summed E-state index contributed by atoms with van der Waals surface area (Å²) in [5.41, 5.74) is 1.15. The highest BCUT2D eigenvalue weighted by molar-refractivity contribution is 5.17. The predicted molar refractivity (Wildman–Crippen MR) is 58.3 cm³/mol. The van der Waals surface area contributed by atoms with Crippen LogP contribution >= 0.6 is 0 Å². The van der Waals surface area contributed by atoms with Crippen molar-refractivity contribution in [2.24, 2.45) is 16.7 Å². The smallest absolute Gasteiger partial charge is 0.0471 e. The molecule has 0 bridgehead atoms. The van der Waals surface area contributed by atoms with Gasteiger partial charge in [-0.25, -0.2) is 0 Å². The van der Waals surface area contributed by atoms with E-state index < -0.39 is 0 Å². The number of hydrogen-bond acceptors (Lipinski definition) is 2. The van der Waals surface area contributed by atoms with Gasteiger partial charge in [0.2, 0.25) is 0 Å². The molecule has 1 aliphatic heterocycles. The molecule has 2 nitrogen and oxygen atoms in total. The van der Waals surface area contributed by atoms with E-state index in [9.17, 15) is 0 Å². The fraction of sp³-hybridized carbons (Fsp3) is 1.00. The van der Waals surface area contributed by atoms with Crippen molar-refractivity contribution < 1.29 is 4.74 Å². The Kier molecular flexibility index (Phi) is 2.61. The van der Waals surface area contributed by atoms with Crippen LogP contribution in [0.15, 0.2) is 0 Å². The van der Waals surface area contributed by atoms with Crippen LogP contribution in [-0.2, 0) is 4.74 Å². The van der Waals surface area contributed by atoms with Crippen LogP contribution in [0.25, 0.3) is 0 Å². The molecule has 0 amide bonds. The van der Waals surface area contributed by atoms with E-state index in [0.717, 1.165) is 25.7 Å². The standard InChI is InChI=1S/C12H23NO/c1-4-13-9-10-11(2,3)12(10)5-7-14-8-6-12/h10,13H,4-9H2,1-3H3.